The molecule has 0 aliphatic carbocycles. The number of aryl methyl sites for hydroxylation is 2. The lowest BCUT2D eigenvalue weighted by molar-refractivity contribution is -0.384. The zero-order chi connectivity index (χ0) is 20.4. The van der Waals surface area contributed by atoms with Crippen LogP contribution < -0.4 is 0 Å². The van der Waals surface area contributed by atoms with E-state index in [0.717, 1.165) is 32.7 Å². The van der Waals surface area contributed by atoms with Gasteiger partial charge in [0.25, 0.3) is 5.69 Å². The average molecular weight is 436 g/mol. The Morgan fingerprint density at radius 1 is 1.14 bits per heavy atom. The Bertz CT molecular complexity index is 1140. The molecule has 6 heteroatoms. The van der Waals surface area contributed by atoms with Gasteiger partial charge in [0, 0.05) is 33.7 Å². The van der Waals surface area contributed by atoms with Crippen molar-refractivity contribution in [1.29, 1.82) is 5.26 Å². The molecule has 0 amide bonds. The summed E-state index contributed by atoms with van der Waals surface area (Å²) in [6.45, 7) is 6.09. The van der Waals surface area contributed by atoms with Crippen molar-refractivity contribution in [2.45, 2.75) is 20.8 Å². The van der Waals surface area contributed by atoms with E-state index in [4.69, 9.17) is 0 Å². The number of aromatic nitrogens is 1. The number of allylic oxidation sites excluding steroid dienone is 1. The Hall–Kier alpha value is -3.17. The fourth-order valence-corrected chi connectivity index (χ4v) is 3.44. The van der Waals surface area contributed by atoms with E-state index >= 15 is 0 Å². The van der Waals surface area contributed by atoms with E-state index in [2.05, 4.69) is 32.6 Å². The highest BCUT2D eigenvalue weighted by atomic mass is 79.9. The van der Waals surface area contributed by atoms with Crippen molar-refractivity contribution in [3.05, 3.63) is 91.2 Å². The van der Waals surface area contributed by atoms with Crippen molar-refractivity contribution in [2.24, 2.45) is 0 Å². The predicted octanol–water partition coefficient (Wildman–Crippen LogP) is 6.14. The third kappa shape index (κ3) is 3.75. The smallest absolute Gasteiger partial charge is 0.269 e. The average Bonchev–Trinajstić information content (AvgIpc) is 2.95. The van der Waals surface area contributed by atoms with Crippen LogP contribution in [0.5, 0.6) is 0 Å². The maximum absolute atomic E-state index is 10.8. The van der Waals surface area contributed by atoms with Crippen molar-refractivity contribution in [1.82, 2.24) is 4.57 Å². The van der Waals surface area contributed by atoms with Crippen molar-refractivity contribution in [3.8, 4) is 11.8 Å². The molecule has 1 aromatic heterocycles. The molecule has 0 fully saturated rings. The molecular weight excluding hydrogens is 418 g/mol. The lowest BCUT2D eigenvalue weighted by Crippen LogP contribution is -1.99. The second-order valence-corrected chi connectivity index (χ2v) is 7.42. The first-order chi connectivity index (χ1) is 13.3. The van der Waals surface area contributed by atoms with Gasteiger partial charge in [-0.05, 0) is 79.9 Å². The standard InChI is InChI=1S/C22H18BrN3O2/c1-14-10-21(8-9-22(14)23)25-15(2)11-18(16(25)3)12-19(13-24)17-4-6-20(7-5-17)26(27)28/h4-12H,1-3H3/b19-12-. The van der Waals surface area contributed by atoms with E-state index < -0.39 is 4.92 Å². The van der Waals surface area contributed by atoms with Gasteiger partial charge in [-0.1, -0.05) is 15.9 Å². The molecule has 0 atom stereocenters. The number of halogens is 1. The highest BCUT2D eigenvalue weighted by molar-refractivity contribution is 9.10. The SMILES string of the molecule is Cc1cc(-n2c(C)cc(/C=C(/C#N)c3ccc([N+](=O)[O-])cc3)c2C)ccc1Br. The molecular formula is C22H18BrN3O2. The van der Waals surface area contributed by atoms with Gasteiger partial charge >= 0.3 is 0 Å². The molecule has 0 aliphatic heterocycles. The van der Waals surface area contributed by atoms with Crippen molar-refractivity contribution in [2.75, 3.05) is 0 Å². The molecule has 2 aromatic carbocycles. The van der Waals surface area contributed by atoms with Crippen molar-refractivity contribution >= 4 is 33.3 Å². The number of rotatable bonds is 4. The van der Waals surface area contributed by atoms with Gasteiger partial charge in [0.1, 0.15) is 0 Å². The number of nitro groups is 1. The molecule has 140 valence electrons. The summed E-state index contributed by atoms with van der Waals surface area (Å²) in [4.78, 5) is 10.4. The van der Waals surface area contributed by atoms with E-state index in [9.17, 15) is 15.4 Å². The maximum Gasteiger partial charge on any atom is 0.269 e. The Labute approximate surface area is 171 Å². The van der Waals surface area contributed by atoms with Crippen LogP contribution in [0.4, 0.5) is 5.69 Å². The lowest BCUT2D eigenvalue weighted by atomic mass is 10.0. The van der Waals surface area contributed by atoms with Crippen molar-refractivity contribution < 1.29 is 4.92 Å². The first kappa shape index (κ1) is 19.6. The van der Waals surface area contributed by atoms with Gasteiger partial charge in [-0.15, -0.1) is 0 Å². The minimum Gasteiger partial charge on any atom is -0.318 e. The van der Waals surface area contributed by atoms with E-state index in [-0.39, 0.29) is 5.69 Å². The molecule has 0 unspecified atom stereocenters. The van der Waals surface area contributed by atoms with Crippen LogP contribution in [0.15, 0.2) is 53.0 Å². The third-order valence-electron chi connectivity index (χ3n) is 4.68. The topological polar surface area (TPSA) is 71.9 Å². The summed E-state index contributed by atoms with van der Waals surface area (Å²) in [5.74, 6) is 0. The molecule has 0 radical (unpaired) electrons. The maximum atomic E-state index is 10.8. The fraction of sp³-hybridized carbons (Fsp3) is 0.136. The second kappa shape index (κ2) is 7.83. The summed E-state index contributed by atoms with van der Waals surface area (Å²) in [7, 11) is 0. The highest BCUT2D eigenvalue weighted by Crippen LogP contribution is 2.28. The van der Waals surface area contributed by atoms with Gasteiger partial charge in [0.15, 0.2) is 0 Å². The van der Waals surface area contributed by atoms with E-state index in [1.807, 2.05) is 45.0 Å². The molecule has 0 bridgehead atoms. The van der Waals surface area contributed by atoms with Crippen LogP contribution in [-0.2, 0) is 0 Å². The number of benzene rings is 2. The summed E-state index contributed by atoms with van der Waals surface area (Å²) < 4.78 is 3.21. The van der Waals surface area contributed by atoms with Crippen LogP contribution in [0.3, 0.4) is 0 Å². The fourth-order valence-electron chi connectivity index (χ4n) is 3.20. The summed E-state index contributed by atoms with van der Waals surface area (Å²) in [5.41, 5.74) is 6.34. The first-order valence-corrected chi connectivity index (χ1v) is 9.43. The zero-order valence-electron chi connectivity index (χ0n) is 15.7. The summed E-state index contributed by atoms with van der Waals surface area (Å²) >= 11 is 3.53. The van der Waals surface area contributed by atoms with Crippen molar-refractivity contribution in [3.63, 3.8) is 0 Å². The van der Waals surface area contributed by atoms with Crippen LogP contribution in [0, 0.1) is 42.2 Å². The molecule has 0 saturated heterocycles. The van der Waals surface area contributed by atoms with Crippen LogP contribution in [0.25, 0.3) is 17.3 Å². The number of nitro benzene ring substituents is 1. The number of nitrogens with zero attached hydrogens (tertiary/aromatic N) is 3. The Balaban J connectivity index is 2.05. The van der Waals surface area contributed by atoms with Crippen LogP contribution in [0.1, 0.15) is 28.1 Å². The number of hydrogen-bond acceptors (Lipinski definition) is 3. The highest BCUT2D eigenvalue weighted by Gasteiger charge is 2.12. The largest absolute Gasteiger partial charge is 0.318 e. The predicted molar refractivity (Wildman–Crippen MR) is 114 cm³/mol. The monoisotopic (exact) mass is 435 g/mol. The van der Waals surface area contributed by atoms with Crippen LogP contribution in [-0.4, -0.2) is 9.49 Å². The quantitative estimate of drug-likeness (QED) is 0.280. The first-order valence-electron chi connectivity index (χ1n) is 8.64. The molecule has 0 spiro atoms. The number of nitriles is 1. The molecule has 3 aromatic rings. The van der Waals surface area contributed by atoms with Gasteiger partial charge in [-0.2, -0.15) is 5.26 Å². The molecule has 3 rings (SSSR count). The molecule has 0 N–H and O–H groups in total. The summed E-state index contributed by atoms with van der Waals surface area (Å²) in [5, 5.41) is 20.4. The summed E-state index contributed by atoms with van der Waals surface area (Å²) in [6, 6.07) is 16.4. The molecule has 0 aliphatic rings. The van der Waals surface area contributed by atoms with E-state index in [0.29, 0.717) is 11.1 Å². The lowest BCUT2D eigenvalue weighted by Gasteiger charge is -2.11. The third-order valence-corrected chi connectivity index (χ3v) is 5.57. The Morgan fingerprint density at radius 3 is 2.39 bits per heavy atom. The van der Waals surface area contributed by atoms with Gasteiger partial charge < -0.3 is 4.57 Å². The van der Waals surface area contributed by atoms with E-state index in [1.165, 1.54) is 12.1 Å². The van der Waals surface area contributed by atoms with Gasteiger partial charge in [0.05, 0.1) is 16.6 Å². The molecule has 5 nitrogen and oxygen atoms in total. The normalized spacial score (nSPS) is 11.3. The zero-order valence-corrected chi connectivity index (χ0v) is 17.3. The Morgan fingerprint density at radius 2 is 1.82 bits per heavy atom. The van der Waals surface area contributed by atoms with Crippen LogP contribution in [0.2, 0.25) is 0 Å². The minimum atomic E-state index is -0.451. The number of hydrogen-bond donors (Lipinski definition) is 0. The number of non-ortho nitro benzene ring substituents is 1. The molecule has 28 heavy (non-hydrogen) atoms. The Kier molecular flexibility index (Phi) is 5.48. The van der Waals surface area contributed by atoms with Crippen LogP contribution >= 0.6 is 15.9 Å². The second-order valence-electron chi connectivity index (χ2n) is 6.57. The van der Waals surface area contributed by atoms with Gasteiger partial charge in [-0.3, -0.25) is 10.1 Å². The molecule has 0 saturated carbocycles. The minimum absolute atomic E-state index is 0.00447. The van der Waals surface area contributed by atoms with Gasteiger partial charge in [-0.25, -0.2) is 0 Å². The molecule has 1 heterocycles. The van der Waals surface area contributed by atoms with E-state index in [1.54, 1.807) is 12.1 Å². The van der Waals surface area contributed by atoms with Gasteiger partial charge in [0.2, 0.25) is 0 Å². The summed E-state index contributed by atoms with van der Waals surface area (Å²) in [6.07, 6.45) is 1.83.